The highest BCUT2D eigenvalue weighted by molar-refractivity contribution is 7.10. The largest absolute Gasteiger partial charge is 0.369 e. The lowest BCUT2D eigenvalue weighted by atomic mass is 9.91. The maximum Gasteiger partial charge on any atom is 0.201 e. The van der Waals surface area contributed by atoms with Crippen molar-refractivity contribution in [1.29, 1.82) is 0 Å². The minimum absolute atomic E-state index is 0.0573. The first-order valence-corrected chi connectivity index (χ1v) is 7.72. The number of nitrogen functional groups attached to an aromatic ring is 1. The second kappa shape index (κ2) is 4.84. The van der Waals surface area contributed by atoms with Crippen molar-refractivity contribution in [1.82, 2.24) is 9.55 Å². The summed E-state index contributed by atoms with van der Waals surface area (Å²) in [5.41, 5.74) is 8.09. The van der Waals surface area contributed by atoms with E-state index in [1.54, 1.807) is 18.3 Å². The number of thiophene rings is 1. The highest BCUT2D eigenvalue weighted by atomic mass is 32.1. The quantitative estimate of drug-likeness (QED) is 0.791. The first-order valence-electron chi connectivity index (χ1n) is 6.84. The van der Waals surface area contributed by atoms with Crippen molar-refractivity contribution in [3.63, 3.8) is 0 Å². The maximum absolute atomic E-state index is 13.7. The van der Waals surface area contributed by atoms with E-state index in [1.165, 1.54) is 10.9 Å². The van der Waals surface area contributed by atoms with Gasteiger partial charge in [0.2, 0.25) is 5.95 Å². The lowest BCUT2D eigenvalue weighted by Crippen LogP contribution is -2.24. The van der Waals surface area contributed by atoms with E-state index in [9.17, 15) is 4.39 Å². The molecular formula is C16H18FN3S. The SMILES string of the molecule is Cc1cc2c(cc1F)nc(N)n2CC(C)(C)c1cccs1. The van der Waals surface area contributed by atoms with Crippen LogP contribution in [0.1, 0.15) is 24.3 Å². The Labute approximate surface area is 127 Å². The number of nitrogens with two attached hydrogens (primary N) is 1. The molecule has 5 heteroatoms. The molecule has 0 spiro atoms. The summed E-state index contributed by atoms with van der Waals surface area (Å²) in [6, 6.07) is 7.45. The minimum Gasteiger partial charge on any atom is -0.369 e. The number of imidazole rings is 1. The molecule has 21 heavy (non-hydrogen) atoms. The molecule has 0 bridgehead atoms. The summed E-state index contributed by atoms with van der Waals surface area (Å²) in [7, 11) is 0. The Morgan fingerprint density at radius 1 is 1.38 bits per heavy atom. The average Bonchev–Trinajstić information content (AvgIpc) is 3.02. The lowest BCUT2D eigenvalue weighted by molar-refractivity contribution is 0.453. The Kier molecular flexibility index (Phi) is 3.24. The van der Waals surface area contributed by atoms with Crippen LogP contribution in [-0.4, -0.2) is 9.55 Å². The van der Waals surface area contributed by atoms with E-state index >= 15 is 0 Å². The number of benzene rings is 1. The van der Waals surface area contributed by atoms with Gasteiger partial charge in [-0.05, 0) is 30.0 Å². The molecule has 3 rings (SSSR count). The van der Waals surface area contributed by atoms with Crippen LogP contribution in [0.5, 0.6) is 0 Å². The molecule has 0 radical (unpaired) electrons. The van der Waals surface area contributed by atoms with Gasteiger partial charge < -0.3 is 10.3 Å². The van der Waals surface area contributed by atoms with Gasteiger partial charge in [0.1, 0.15) is 5.82 Å². The fourth-order valence-corrected chi connectivity index (χ4v) is 3.42. The fraction of sp³-hybridized carbons (Fsp3) is 0.312. The van der Waals surface area contributed by atoms with Crippen molar-refractivity contribution in [2.75, 3.05) is 5.73 Å². The number of aryl methyl sites for hydroxylation is 1. The summed E-state index contributed by atoms with van der Waals surface area (Å²) < 4.78 is 15.6. The Morgan fingerprint density at radius 3 is 2.81 bits per heavy atom. The number of hydrogen-bond donors (Lipinski definition) is 1. The van der Waals surface area contributed by atoms with Crippen LogP contribution in [0.2, 0.25) is 0 Å². The van der Waals surface area contributed by atoms with Gasteiger partial charge >= 0.3 is 0 Å². The van der Waals surface area contributed by atoms with Gasteiger partial charge in [-0.15, -0.1) is 11.3 Å². The van der Waals surface area contributed by atoms with Crippen LogP contribution in [0.4, 0.5) is 10.3 Å². The second-order valence-electron chi connectivity index (χ2n) is 6.01. The van der Waals surface area contributed by atoms with Crippen molar-refractivity contribution in [3.05, 3.63) is 45.9 Å². The standard InChI is InChI=1S/C16H18FN3S/c1-10-7-13-12(8-11(10)17)19-15(18)20(13)9-16(2,3)14-5-4-6-21-14/h4-8H,9H2,1-3H3,(H2,18,19). The Morgan fingerprint density at radius 2 is 2.14 bits per heavy atom. The van der Waals surface area contributed by atoms with Crippen LogP contribution in [0.25, 0.3) is 11.0 Å². The van der Waals surface area contributed by atoms with E-state index in [1.807, 2.05) is 10.6 Å². The molecule has 2 heterocycles. The summed E-state index contributed by atoms with van der Waals surface area (Å²) in [6.45, 7) is 6.83. The van der Waals surface area contributed by atoms with E-state index in [4.69, 9.17) is 5.73 Å². The van der Waals surface area contributed by atoms with Gasteiger partial charge in [0.05, 0.1) is 11.0 Å². The van der Waals surface area contributed by atoms with Gasteiger partial charge in [-0.2, -0.15) is 0 Å². The summed E-state index contributed by atoms with van der Waals surface area (Å²) >= 11 is 1.73. The zero-order valence-electron chi connectivity index (χ0n) is 12.4. The van der Waals surface area contributed by atoms with Gasteiger partial charge in [0.15, 0.2) is 0 Å². The second-order valence-corrected chi connectivity index (χ2v) is 6.96. The van der Waals surface area contributed by atoms with E-state index in [0.717, 1.165) is 5.52 Å². The first-order chi connectivity index (χ1) is 9.88. The highest BCUT2D eigenvalue weighted by Gasteiger charge is 2.24. The number of halogens is 1. The molecule has 0 aliphatic rings. The van der Waals surface area contributed by atoms with Crippen LogP contribution in [-0.2, 0) is 12.0 Å². The number of aromatic nitrogens is 2. The van der Waals surface area contributed by atoms with Crippen molar-refractivity contribution >= 4 is 28.3 Å². The van der Waals surface area contributed by atoms with Crippen LogP contribution in [0, 0.1) is 12.7 Å². The summed E-state index contributed by atoms with van der Waals surface area (Å²) in [5, 5.41) is 2.08. The summed E-state index contributed by atoms with van der Waals surface area (Å²) in [5.74, 6) is 0.185. The Bertz CT molecular complexity index is 788. The zero-order valence-corrected chi connectivity index (χ0v) is 13.2. The number of anilines is 1. The molecule has 2 aromatic heterocycles. The molecule has 0 saturated carbocycles. The van der Waals surface area contributed by atoms with Crippen LogP contribution in [0.15, 0.2) is 29.6 Å². The molecule has 0 amide bonds. The molecule has 3 aromatic rings. The molecule has 0 atom stereocenters. The summed E-state index contributed by atoms with van der Waals surface area (Å²) in [6.07, 6.45) is 0. The predicted molar refractivity (Wildman–Crippen MR) is 86.2 cm³/mol. The Hall–Kier alpha value is -1.88. The number of fused-ring (bicyclic) bond motifs is 1. The minimum atomic E-state index is -0.246. The third-order valence-electron chi connectivity index (χ3n) is 3.80. The van der Waals surface area contributed by atoms with Crippen molar-refractivity contribution in [3.8, 4) is 0 Å². The maximum atomic E-state index is 13.7. The van der Waals surface area contributed by atoms with Crippen molar-refractivity contribution < 1.29 is 4.39 Å². The number of rotatable bonds is 3. The number of hydrogen-bond acceptors (Lipinski definition) is 3. The lowest BCUT2D eigenvalue weighted by Gasteiger charge is -2.24. The molecule has 0 fully saturated rings. The van der Waals surface area contributed by atoms with Crippen LogP contribution < -0.4 is 5.73 Å². The van der Waals surface area contributed by atoms with Crippen molar-refractivity contribution in [2.45, 2.75) is 32.7 Å². The van der Waals surface area contributed by atoms with E-state index in [-0.39, 0.29) is 11.2 Å². The number of nitrogens with zero attached hydrogens (tertiary/aromatic N) is 2. The van der Waals surface area contributed by atoms with Gasteiger partial charge in [-0.1, -0.05) is 19.9 Å². The van der Waals surface area contributed by atoms with E-state index < -0.39 is 0 Å². The predicted octanol–water partition coefficient (Wildman–Crippen LogP) is 4.11. The molecule has 3 nitrogen and oxygen atoms in total. The van der Waals surface area contributed by atoms with E-state index in [2.05, 4.69) is 36.3 Å². The normalized spacial score (nSPS) is 12.2. The highest BCUT2D eigenvalue weighted by Crippen LogP contribution is 2.32. The molecule has 110 valence electrons. The molecule has 0 unspecified atom stereocenters. The van der Waals surface area contributed by atoms with Crippen LogP contribution in [0.3, 0.4) is 0 Å². The summed E-state index contributed by atoms with van der Waals surface area (Å²) in [4.78, 5) is 5.58. The van der Waals surface area contributed by atoms with Gasteiger partial charge in [0.25, 0.3) is 0 Å². The van der Waals surface area contributed by atoms with Gasteiger partial charge in [-0.3, -0.25) is 0 Å². The van der Waals surface area contributed by atoms with Crippen molar-refractivity contribution in [2.24, 2.45) is 0 Å². The molecule has 0 saturated heterocycles. The topological polar surface area (TPSA) is 43.8 Å². The Balaban J connectivity index is 2.08. The first kappa shape index (κ1) is 14.1. The molecule has 0 aliphatic carbocycles. The smallest absolute Gasteiger partial charge is 0.201 e. The molecular weight excluding hydrogens is 285 g/mol. The monoisotopic (exact) mass is 303 g/mol. The fourth-order valence-electron chi connectivity index (χ4n) is 2.57. The van der Waals surface area contributed by atoms with E-state index in [0.29, 0.717) is 23.6 Å². The average molecular weight is 303 g/mol. The molecule has 1 aromatic carbocycles. The van der Waals surface area contributed by atoms with Gasteiger partial charge in [0, 0.05) is 22.9 Å². The molecule has 2 N–H and O–H groups in total. The third-order valence-corrected chi connectivity index (χ3v) is 5.04. The molecule has 0 aliphatic heterocycles. The third kappa shape index (κ3) is 2.42. The van der Waals surface area contributed by atoms with Crippen LogP contribution >= 0.6 is 11.3 Å². The zero-order chi connectivity index (χ0) is 15.2. The van der Waals surface area contributed by atoms with Gasteiger partial charge in [-0.25, -0.2) is 9.37 Å².